The van der Waals surface area contributed by atoms with E-state index in [4.69, 9.17) is 0 Å². The molecule has 6 heteroatoms. The average molecular weight is 314 g/mol. The van der Waals surface area contributed by atoms with Gasteiger partial charge in [-0.1, -0.05) is 33.8 Å². The number of sulfonamides is 1. The van der Waals surface area contributed by atoms with Crippen molar-refractivity contribution in [3.63, 3.8) is 0 Å². The first kappa shape index (κ1) is 16.4. The Kier molecular flexibility index (Phi) is 3.93. The summed E-state index contributed by atoms with van der Waals surface area (Å²) in [5.41, 5.74) is 0.329. The van der Waals surface area contributed by atoms with E-state index < -0.39 is 15.8 Å². The minimum absolute atomic E-state index is 0.00958. The highest BCUT2D eigenvalue weighted by atomic mass is 32.2. The molecular weight excluding hydrogens is 291 g/mol. The van der Waals surface area contributed by atoms with E-state index >= 15 is 0 Å². The number of nitrogens with one attached hydrogen (secondary N) is 2. The minimum Gasteiger partial charge on any atom is -0.316 e. The Hall–Kier alpha value is -0.980. The quantitative estimate of drug-likeness (QED) is 0.876. The Morgan fingerprint density at radius 1 is 1.19 bits per heavy atom. The van der Waals surface area contributed by atoms with E-state index in [1.165, 1.54) is 12.1 Å². The standard InChI is InChI=1S/C15H23FN2O2S/c1-14(2)13(15(14,3)4)18-21(19,20)12-8-11(16)7-6-10(12)9-17-5/h6-8,13,17-18H,9H2,1-5H3. The summed E-state index contributed by atoms with van der Waals surface area (Å²) in [7, 11) is -2.02. The third-order valence-corrected chi connectivity index (χ3v) is 6.48. The highest BCUT2D eigenvalue weighted by Gasteiger charge is 2.66. The van der Waals surface area contributed by atoms with Gasteiger partial charge >= 0.3 is 0 Å². The van der Waals surface area contributed by atoms with Crippen molar-refractivity contribution < 1.29 is 12.8 Å². The van der Waals surface area contributed by atoms with Crippen molar-refractivity contribution in [2.24, 2.45) is 10.8 Å². The van der Waals surface area contributed by atoms with Crippen LogP contribution in [0.2, 0.25) is 0 Å². The summed E-state index contributed by atoms with van der Waals surface area (Å²) in [5, 5.41) is 2.90. The van der Waals surface area contributed by atoms with Crippen LogP contribution in [0.15, 0.2) is 23.1 Å². The van der Waals surface area contributed by atoms with Gasteiger partial charge < -0.3 is 5.32 Å². The van der Waals surface area contributed by atoms with E-state index in [-0.39, 0.29) is 21.8 Å². The molecule has 0 aliphatic heterocycles. The molecule has 0 spiro atoms. The van der Waals surface area contributed by atoms with E-state index in [9.17, 15) is 12.8 Å². The second-order valence-corrected chi connectivity index (χ2v) is 8.46. The molecule has 2 N–H and O–H groups in total. The first-order valence-corrected chi connectivity index (χ1v) is 8.47. The lowest BCUT2D eigenvalue weighted by Crippen LogP contribution is -2.31. The molecule has 118 valence electrons. The Morgan fingerprint density at radius 3 is 2.24 bits per heavy atom. The topological polar surface area (TPSA) is 58.2 Å². The average Bonchev–Trinajstić information content (AvgIpc) is 2.74. The van der Waals surface area contributed by atoms with Crippen molar-refractivity contribution in [1.29, 1.82) is 0 Å². The van der Waals surface area contributed by atoms with Crippen LogP contribution in [0.5, 0.6) is 0 Å². The molecule has 1 aliphatic carbocycles. The van der Waals surface area contributed by atoms with Crippen LogP contribution in [-0.4, -0.2) is 21.5 Å². The van der Waals surface area contributed by atoms with Gasteiger partial charge in [0.05, 0.1) is 4.90 Å². The van der Waals surface area contributed by atoms with Crippen LogP contribution < -0.4 is 10.0 Å². The van der Waals surface area contributed by atoms with Gasteiger partial charge in [0.15, 0.2) is 0 Å². The Bertz CT molecular complexity index is 640. The van der Waals surface area contributed by atoms with Gasteiger partial charge in [-0.2, -0.15) is 0 Å². The lowest BCUT2D eigenvalue weighted by Gasteiger charge is -2.12. The van der Waals surface area contributed by atoms with Gasteiger partial charge in [0.1, 0.15) is 5.82 Å². The van der Waals surface area contributed by atoms with Crippen LogP contribution in [0.4, 0.5) is 4.39 Å². The number of hydrogen-bond acceptors (Lipinski definition) is 3. The summed E-state index contributed by atoms with van der Waals surface area (Å²) in [6.07, 6.45) is 0. The van der Waals surface area contributed by atoms with E-state index in [1.54, 1.807) is 7.05 Å². The Balaban J connectivity index is 2.35. The molecule has 0 heterocycles. The van der Waals surface area contributed by atoms with Gasteiger partial charge in [0.2, 0.25) is 10.0 Å². The number of rotatable bonds is 5. The third-order valence-electron chi connectivity index (χ3n) is 4.98. The zero-order valence-electron chi connectivity index (χ0n) is 13.1. The second-order valence-electron chi connectivity index (χ2n) is 6.78. The van der Waals surface area contributed by atoms with Gasteiger partial charge in [0.25, 0.3) is 0 Å². The molecule has 21 heavy (non-hydrogen) atoms. The SMILES string of the molecule is CNCc1ccc(F)cc1S(=O)(=O)NC1C(C)(C)C1(C)C. The Labute approximate surface area is 126 Å². The molecule has 0 amide bonds. The minimum atomic E-state index is -3.74. The first-order valence-electron chi connectivity index (χ1n) is 6.99. The molecule has 0 aromatic heterocycles. The summed E-state index contributed by atoms with van der Waals surface area (Å²) in [6.45, 7) is 8.48. The fraction of sp³-hybridized carbons (Fsp3) is 0.600. The van der Waals surface area contributed by atoms with Crippen molar-refractivity contribution >= 4 is 10.0 Å². The van der Waals surface area contributed by atoms with Crippen LogP contribution >= 0.6 is 0 Å². The largest absolute Gasteiger partial charge is 0.316 e. The maximum atomic E-state index is 13.5. The van der Waals surface area contributed by atoms with Gasteiger partial charge in [0, 0.05) is 12.6 Å². The molecule has 0 saturated heterocycles. The van der Waals surface area contributed by atoms with Crippen molar-refractivity contribution in [3.8, 4) is 0 Å². The van der Waals surface area contributed by atoms with E-state index in [2.05, 4.69) is 10.0 Å². The summed E-state index contributed by atoms with van der Waals surface area (Å²) < 4.78 is 41.4. The van der Waals surface area contributed by atoms with Crippen LogP contribution in [0.1, 0.15) is 33.3 Å². The molecule has 1 fully saturated rings. The maximum absolute atomic E-state index is 13.5. The molecule has 0 atom stereocenters. The highest BCUT2D eigenvalue weighted by molar-refractivity contribution is 7.89. The van der Waals surface area contributed by atoms with Gasteiger partial charge in [-0.25, -0.2) is 17.5 Å². The number of halogens is 1. The smallest absolute Gasteiger partial charge is 0.241 e. The van der Waals surface area contributed by atoms with E-state index in [0.717, 1.165) is 6.07 Å². The summed E-state index contributed by atoms with van der Waals surface area (Å²) >= 11 is 0. The normalized spacial score (nSPS) is 20.5. The monoisotopic (exact) mass is 314 g/mol. The molecule has 0 bridgehead atoms. The molecule has 1 saturated carbocycles. The van der Waals surface area contributed by atoms with Crippen LogP contribution in [0, 0.1) is 16.6 Å². The molecule has 4 nitrogen and oxygen atoms in total. The molecule has 1 aliphatic rings. The van der Waals surface area contributed by atoms with Crippen molar-refractivity contribution in [2.45, 2.75) is 45.2 Å². The van der Waals surface area contributed by atoms with Crippen molar-refractivity contribution in [3.05, 3.63) is 29.6 Å². The molecule has 1 aromatic carbocycles. The molecule has 0 radical (unpaired) electrons. The van der Waals surface area contributed by atoms with Crippen LogP contribution in [0.25, 0.3) is 0 Å². The highest BCUT2D eigenvalue weighted by Crippen LogP contribution is 2.62. The van der Waals surface area contributed by atoms with E-state index in [1.807, 2.05) is 27.7 Å². The summed E-state index contributed by atoms with van der Waals surface area (Å²) in [4.78, 5) is 0.00958. The fourth-order valence-electron chi connectivity index (χ4n) is 2.82. The van der Waals surface area contributed by atoms with Gasteiger partial charge in [-0.15, -0.1) is 0 Å². The van der Waals surface area contributed by atoms with E-state index in [0.29, 0.717) is 12.1 Å². The van der Waals surface area contributed by atoms with Crippen LogP contribution in [-0.2, 0) is 16.6 Å². The van der Waals surface area contributed by atoms with Gasteiger partial charge in [-0.05, 0) is 35.6 Å². The number of benzene rings is 1. The fourth-order valence-corrected chi connectivity index (χ4v) is 4.60. The second kappa shape index (κ2) is 5.04. The molecule has 0 unspecified atom stereocenters. The molecule has 1 aromatic rings. The zero-order valence-corrected chi connectivity index (χ0v) is 13.9. The third kappa shape index (κ3) is 2.72. The lowest BCUT2D eigenvalue weighted by atomic mass is 10.0. The summed E-state index contributed by atoms with van der Waals surface area (Å²) in [6, 6.07) is 3.71. The zero-order chi connectivity index (χ0) is 16.1. The van der Waals surface area contributed by atoms with Crippen molar-refractivity contribution in [2.75, 3.05) is 7.05 Å². The van der Waals surface area contributed by atoms with Crippen molar-refractivity contribution in [1.82, 2.24) is 10.0 Å². The number of hydrogen-bond donors (Lipinski definition) is 2. The predicted molar refractivity (Wildman–Crippen MR) is 80.8 cm³/mol. The van der Waals surface area contributed by atoms with Gasteiger partial charge in [-0.3, -0.25) is 0 Å². The lowest BCUT2D eigenvalue weighted by molar-refractivity contribution is 0.457. The van der Waals surface area contributed by atoms with Crippen LogP contribution in [0.3, 0.4) is 0 Å². The summed E-state index contributed by atoms with van der Waals surface area (Å²) in [5.74, 6) is -0.551. The molecule has 2 rings (SSSR count). The Morgan fingerprint density at radius 2 is 1.76 bits per heavy atom. The predicted octanol–water partition coefficient (Wildman–Crippen LogP) is 2.26. The maximum Gasteiger partial charge on any atom is 0.241 e. The first-order chi connectivity index (χ1) is 9.54. The molecular formula is C15H23FN2O2S.